The summed E-state index contributed by atoms with van der Waals surface area (Å²) < 4.78 is 0. The molecule has 0 aliphatic carbocycles. The zero-order valence-electron chi connectivity index (χ0n) is 6.19. The molecule has 0 unspecified atom stereocenters. The summed E-state index contributed by atoms with van der Waals surface area (Å²) in [5, 5.41) is 19.7. The molecular weight excluding hydrogens is 148 g/mol. The Morgan fingerprint density at radius 3 is 2.36 bits per heavy atom. The highest BCUT2D eigenvalue weighted by molar-refractivity contribution is 5.76. The van der Waals surface area contributed by atoms with Gasteiger partial charge in [-0.3, -0.25) is 4.79 Å². The van der Waals surface area contributed by atoms with E-state index in [1.165, 1.54) is 0 Å². The highest BCUT2D eigenvalue weighted by atomic mass is 16.8. The summed E-state index contributed by atoms with van der Waals surface area (Å²) in [5.41, 5.74) is 5.03. The number of hydroxylamine groups is 4. The molecule has 0 spiro atoms. The highest BCUT2D eigenvalue weighted by Crippen LogP contribution is 2.19. The molecular formula is C6H12N2O3. The van der Waals surface area contributed by atoms with Crippen molar-refractivity contribution in [3.8, 4) is 0 Å². The number of carbonyl (C=O) groups is 1. The van der Waals surface area contributed by atoms with Crippen molar-refractivity contribution in [3.63, 3.8) is 0 Å². The molecule has 5 nitrogen and oxygen atoms in total. The van der Waals surface area contributed by atoms with Crippen LogP contribution in [0.3, 0.4) is 0 Å². The minimum absolute atomic E-state index is 0.0770. The molecule has 0 aromatic rings. The summed E-state index contributed by atoms with van der Waals surface area (Å²) in [4.78, 5) is 9.38. The minimum atomic E-state index is -1.22. The maximum Gasteiger partial charge on any atom is 0.220 e. The first-order chi connectivity index (χ1) is 5.01. The summed E-state index contributed by atoms with van der Waals surface area (Å²) in [7, 11) is 0. The normalized spacial score (nSPS) is 38.5. The van der Waals surface area contributed by atoms with Gasteiger partial charge in [-0.25, -0.2) is 10.0 Å². The first-order valence-electron chi connectivity index (χ1n) is 3.61. The Morgan fingerprint density at radius 1 is 1.55 bits per heavy atom. The Labute approximate surface area is 64.5 Å². The van der Waals surface area contributed by atoms with E-state index in [0.717, 1.165) is 0 Å². The lowest BCUT2D eigenvalue weighted by atomic mass is 9.97. The lowest BCUT2D eigenvalue weighted by Crippen LogP contribution is -2.47. The molecule has 5 heteroatoms. The van der Waals surface area contributed by atoms with E-state index in [9.17, 15) is 10.0 Å². The van der Waals surface area contributed by atoms with Crippen LogP contribution >= 0.6 is 0 Å². The molecule has 1 amide bonds. The molecule has 1 aliphatic heterocycles. The Hall–Kier alpha value is -0.650. The van der Waals surface area contributed by atoms with Crippen LogP contribution in [-0.4, -0.2) is 29.0 Å². The van der Waals surface area contributed by atoms with Crippen LogP contribution in [0.2, 0.25) is 0 Å². The van der Waals surface area contributed by atoms with Gasteiger partial charge in [0.2, 0.25) is 5.91 Å². The molecule has 0 atom stereocenters. The molecule has 0 saturated carbocycles. The number of nitrogens with two attached hydrogens (primary N) is 1. The van der Waals surface area contributed by atoms with E-state index in [1.54, 1.807) is 0 Å². The lowest BCUT2D eigenvalue weighted by Gasteiger charge is -2.38. The van der Waals surface area contributed by atoms with E-state index in [0.29, 0.717) is 12.8 Å². The van der Waals surface area contributed by atoms with Crippen LogP contribution in [0.5, 0.6) is 0 Å². The molecule has 11 heavy (non-hydrogen) atoms. The van der Waals surface area contributed by atoms with Crippen LogP contribution in [0, 0.1) is 11.1 Å². The van der Waals surface area contributed by atoms with Gasteiger partial charge in [0.25, 0.3) is 0 Å². The van der Waals surface area contributed by atoms with Gasteiger partial charge in [-0.2, -0.15) is 0 Å². The number of primary amides is 1. The summed E-state index contributed by atoms with van der Waals surface area (Å²) in [6.45, 7) is 0.154. The van der Waals surface area contributed by atoms with Crippen LogP contribution in [-0.2, 0) is 4.79 Å². The van der Waals surface area contributed by atoms with Crippen molar-refractivity contribution >= 4 is 5.91 Å². The van der Waals surface area contributed by atoms with Crippen molar-refractivity contribution < 1.29 is 14.8 Å². The van der Waals surface area contributed by atoms with Crippen LogP contribution in [0.25, 0.3) is 0 Å². The summed E-state index contributed by atoms with van der Waals surface area (Å²) in [6.07, 6.45) is 0.796. The van der Waals surface area contributed by atoms with Gasteiger partial charge < -0.3 is 10.9 Å². The third-order valence-corrected chi connectivity index (χ3v) is 2.06. The average Bonchev–Trinajstić information content (AvgIpc) is 1.86. The van der Waals surface area contributed by atoms with Crippen molar-refractivity contribution in [3.05, 3.63) is 5.21 Å². The number of amides is 1. The van der Waals surface area contributed by atoms with E-state index >= 15 is 0 Å². The summed E-state index contributed by atoms with van der Waals surface area (Å²) in [6, 6.07) is 0. The second kappa shape index (κ2) is 2.77. The molecule has 1 heterocycles. The third kappa shape index (κ3) is 2.14. The van der Waals surface area contributed by atoms with Crippen LogP contribution < -0.4 is 5.73 Å². The van der Waals surface area contributed by atoms with Gasteiger partial charge in [0.05, 0.1) is 0 Å². The van der Waals surface area contributed by atoms with Gasteiger partial charge in [-0.05, 0) is 0 Å². The van der Waals surface area contributed by atoms with Crippen LogP contribution in [0.1, 0.15) is 12.8 Å². The first-order valence-corrected chi connectivity index (χ1v) is 3.61. The van der Waals surface area contributed by atoms with Crippen molar-refractivity contribution in [1.29, 1.82) is 0 Å². The molecule has 1 fully saturated rings. The van der Waals surface area contributed by atoms with Crippen LogP contribution in [0.15, 0.2) is 0 Å². The van der Waals surface area contributed by atoms with Gasteiger partial charge >= 0.3 is 0 Å². The number of hydrogen-bond acceptors (Lipinski definition) is 3. The summed E-state index contributed by atoms with van der Waals surface area (Å²) >= 11 is 0. The molecule has 0 aromatic carbocycles. The number of rotatable bonds is 1. The third-order valence-electron chi connectivity index (χ3n) is 2.06. The molecule has 1 aliphatic rings. The highest BCUT2D eigenvalue weighted by Gasteiger charge is 2.28. The van der Waals surface area contributed by atoms with Gasteiger partial charge in [0.1, 0.15) is 13.1 Å². The smallest absolute Gasteiger partial charge is 0.220 e. The van der Waals surface area contributed by atoms with Crippen molar-refractivity contribution in [2.24, 2.45) is 11.7 Å². The monoisotopic (exact) mass is 160 g/mol. The lowest BCUT2D eigenvalue weighted by molar-refractivity contribution is -1.07. The van der Waals surface area contributed by atoms with Gasteiger partial charge in [-0.15, -0.1) is 0 Å². The van der Waals surface area contributed by atoms with E-state index in [-0.39, 0.29) is 24.9 Å². The van der Waals surface area contributed by atoms with Crippen LogP contribution in [0.4, 0.5) is 0 Å². The van der Waals surface area contributed by atoms with E-state index in [2.05, 4.69) is 0 Å². The SMILES string of the molecule is NC(=O)C1CC[N+]([O-])(O)CC1. The molecule has 64 valence electrons. The molecule has 3 N–H and O–H groups in total. The average molecular weight is 160 g/mol. The maximum atomic E-state index is 10.8. The molecule has 0 radical (unpaired) electrons. The Kier molecular flexibility index (Phi) is 2.12. The maximum absolute atomic E-state index is 10.8. The Balaban J connectivity index is 2.42. The topological polar surface area (TPSA) is 86.4 Å². The second-order valence-electron chi connectivity index (χ2n) is 2.97. The number of quaternary nitrogens is 1. The minimum Gasteiger partial charge on any atom is -0.598 e. The summed E-state index contributed by atoms with van der Waals surface area (Å²) in [5.74, 6) is -0.591. The number of nitrogens with zero attached hydrogens (tertiary/aromatic N) is 1. The fourth-order valence-corrected chi connectivity index (χ4v) is 1.26. The number of piperidine rings is 1. The predicted octanol–water partition coefficient (Wildman–Crippen LogP) is -0.415. The zero-order chi connectivity index (χ0) is 8.48. The molecule has 1 rings (SSSR count). The van der Waals surface area contributed by atoms with Gasteiger partial charge in [0, 0.05) is 18.8 Å². The van der Waals surface area contributed by atoms with Crippen molar-refractivity contribution in [2.45, 2.75) is 12.8 Å². The Morgan fingerprint density at radius 2 is 2.00 bits per heavy atom. The van der Waals surface area contributed by atoms with E-state index in [4.69, 9.17) is 10.9 Å². The van der Waals surface area contributed by atoms with Gasteiger partial charge in [0.15, 0.2) is 0 Å². The van der Waals surface area contributed by atoms with E-state index in [1.807, 2.05) is 0 Å². The van der Waals surface area contributed by atoms with Crippen molar-refractivity contribution in [1.82, 2.24) is 0 Å². The molecule has 1 saturated heterocycles. The quantitative estimate of drug-likeness (QED) is 0.403. The second-order valence-corrected chi connectivity index (χ2v) is 2.97. The zero-order valence-corrected chi connectivity index (χ0v) is 6.19. The Bertz CT molecular complexity index is 159. The fraction of sp³-hybridized carbons (Fsp3) is 0.833. The molecule has 0 bridgehead atoms. The largest absolute Gasteiger partial charge is 0.598 e. The number of hydrogen-bond donors (Lipinski definition) is 2. The number of carbonyl (C=O) groups excluding carboxylic acids is 1. The fourth-order valence-electron chi connectivity index (χ4n) is 1.26. The standard InChI is InChI=1S/C6H12N2O3/c7-6(9)5-1-3-8(10,11)4-2-5/h5,10H,1-4H2,(H2,7,9). The molecule has 0 aromatic heterocycles. The first kappa shape index (κ1) is 8.45. The van der Waals surface area contributed by atoms with Crippen molar-refractivity contribution in [2.75, 3.05) is 13.1 Å². The van der Waals surface area contributed by atoms with E-state index < -0.39 is 4.81 Å². The van der Waals surface area contributed by atoms with Gasteiger partial charge in [-0.1, -0.05) is 0 Å². The predicted molar refractivity (Wildman–Crippen MR) is 37.1 cm³/mol.